The minimum Gasteiger partial charge on any atom is -0.462 e. The Kier molecular flexibility index (Phi) is 70.6. The average Bonchev–Trinajstić information content (AvgIpc) is 1.01. The third-order valence-electron chi connectivity index (χ3n) is 18.5. The first-order chi connectivity index (χ1) is 47.5. The lowest BCUT2D eigenvalue weighted by Crippen LogP contribution is -2.30. The van der Waals surface area contributed by atoms with Crippen LogP contribution < -0.4 is 0 Å². The number of hydrogen-bond acceptors (Lipinski definition) is 15. The van der Waals surface area contributed by atoms with Gasteiger partial charge in [0.2, 0.25) is 0 Å². The van der Waals surface area contributed by atoms with E-state index in [2.05, 4.69) is 34.6 Å². The van der Waals surface area contributed by atoms with Crippen molar-refractivity contribution in [3.63, 3.8) is 0 Å². The van der Waals surface area contributed by atoms with E-state index in [0.29, 0.717) is 25.7 Å². The number of aliphatic hydroxyl groups excluding tert-OH is 1. The van der Waals surface area contributed by atoms with Crippen LogP contribution in [-0.2, 0) is 65.4 Å². The number of unbranched alkanes of at least 4 members (excludes halogenated alkanes) is 51. The summed E-state index contributed by atoms with van der Waals surface area (Å²) in [7, 11) is -9.91. The molecule has 17 nitrogen and oxygen atoms in total. The standard InChI is InChI=1S/C79H154O17P2/c1-6-9-12-15-18-21-24-26-27-28-29-30-31-35-40-45-50-55-60-65-79(84)96-75(69-90-77(82)63-58-53-48-43-38-36-32-34-37-41-46-51-56-61-72(4)5)71-94-98(87,88)92-67-73(80)66-91-97(85,86)93-70-74(68-89-76(81)62-57-52-47-42-23-20-17-14-11-8-3)95-78(83)64-59-54-49-44-39-33-25-22-19-16-13-10-7-2/h72-75,80H,6-71H2,1-5H3,(H,85,86)(H,87,88)/t73-,74+,75+/m0/s1. The van der Waals surface area contributed by atoms with E-state index in [4.69, 9.17) is 37.0 Å². The number of phosphoric acid groups is 2. The Hall–Kier alpha value is -1.94. The van der Waals surface area contributed by atoms with E-state index in [1.807, 2.05) is 0 Å². The lowest BCUT2D eigenvalue weighted by molar-refractivity contribution is -0.161. The fraction of sp³-hybridized carbons (Fsp3) is 0.949. The summed E-state index contributed by atoms with van der Waals surface area (Å²) in [5, 5.41) is 10.6. The first-order valence-electron chi connectivity index (χ1n) is 41.1. The van der Waals surface area contributed by atoms with E-state index in [-0.39, 0.29) is 25.7 Å². The molecule has 0 aromatic carbocycles. The van der Waals surface area contributed by atoms with E-state index in [1.54, 1.807) is 0 Å². The SMILES string of the molecule is CCCCCCCCCCCCCCCCCCCCCC(=O)O[C@H](COC(=O)CCCCCCCCCCCCCCCC(C)C)COP(=O)(O)OC[C@@H](O)COP(=O)(O)OC[C@@H](COC(=O)CCCCCCCCCCCC)OC(=O)CCCCCCCCCCCCCCC. The lowest BCUT2D eigenvalue weighted by atomic mass is 10.0. The molecule has 0 aliphatic carbocycles. The summed E-state index contributed by atoms with van der Waals surface area (Å²) >= 11 is 0. The van der Waals surface area contributed by atoms with Gasteiger partial charge in [-0.3, -0.25) is 37.3 Å². The molecule has 0 fully saturated rings. The molecule has 0 aliphatic rings. The van der Waals surface area contributed by atoms with E-state index < -0.39 is 97.5 Å². The van der Waals surface area contributed by atoms with Crippen LogP contribution in [0.5, 0.6) is 0 Å². The number of aliphatic hydroxyl groups is 1. The summed E-state index contributed by atoms with van der Waals surface area (Å²) in [5.74, 6) is -1.32. The van der Waals surface area contributed by atoms with Crippen LogP contribution in [0, 0.1) is 5.92 Å². The molecule has 3 N–H and O–H groups in total. The summed E-state index contributed by atoms with van der Waals surface area (Å²) in [6, 6.07) is 0. The van der Waals surface area contributed by atoms with Gasteiger partial charge < -0.3 is 33.8 Å². The van der Waals surface area contributed by atoms with Crippen LogP contribution in [0.4, 0.5) is 0 Å². The van der Waals surface area contributed by atoms with Crippen molar-refractivity contribution < 1.29 is 80.2 Å². The highest BCUT2D eigenvalue weighted by molar-refractivity contribution is 7.47. The monoisotopic (exact) mass is 1440 g/mol. The number of esters is 4. The molecule has 5 atom stereocenters. The average molecular weight is 1440 g/mol. The summed E-state index contributed by atoms with van der Waals surface area (Å²) in [6.07, 6.45) is 62.3. The van der Waals surface area contributed by atoms with Crippen LogP contribution >= 0.6 is 15.6 Å². The van der Waals surface area contributed by atoms with Gasteiger partial charge >= 0.3 is 39.5 Å². The Morgan fingerprint density at radius 1 is 0.276 bits per heavy atom. The van der Waals surface area contributed by atoms with Crippen LogP contribution in [0.2, 0.25) is 0 Å². The highest BCUT2D eigenvalue weighted by atomic mass is 31.2. The zero-order chi connectivity index (χ0) is 71.9. The van der Waals surface area contributed by atoms with E-state index >= 15 is 0 Å². The number of ether oxygens (including phenoxy) is 4. The maximum absolute atomic E-state index is 13.1. The summed E-state index contributed by atoms with van der Waals surface area (Å²) in [4.78, 5) is 72.9. The first-order valence-corrected chi connectivity index (χ1v) is 44.1. The Labute approximate surface area is 600 Å². The smallest absolute Gasteiger partial charge is 0.462 e. The van der Waals surface area contributed by atoms with Crippen LogP contribution in [-0.4, -0.2) is 96.7 Å². The third kappa shape index (κ3) is 72.4. The predicted octanol–water partition coefficient (Wildman–Crippen LogP) is 23.6. The second-order valence-electron chi connectivity index (χ2n) is 28.9. The quantitative estimate of drug-likeness (QED) is 0.0222. The normalized spacial score (nSPS) is 13.9. The van der Waals surface area contributed by atoms with Crippen molar-refractivity contribution in [3.05, 3.63) is 0 Å². The van der Waals surface area contributed by atoms with E-state index in [0.717, 1.165) is 95.8 Å². The summed E-state index contributed by atoms with van der Waals surface area (Å²) in [6.45, 7) is 7.33. The minimum absolute atomic E-state index is 0.108. The highest BCUT2D eigenvalue weighted by Crippen LogP contribution is 2.45. The first kappa shape index (κ1) is 96.1. The van der Waals surface area contributed by atoms with Gasteiger partial charge in [-0.15, -0.1) is 0 Å². The topological polar surface area (TPSA) is 237 Å². The zero-order valence-electron chi connectivity index (χ0n) is 63.9. The molecule has 0 heterocycles. The zero-order valence-corrected chi connectivity index (χ0v) is 65.7. The van der Waals surface area contributed by atoms with Crippen molar-refractivity contribution in [2.45, 2.75) is 438 Å². The van der Waals surface area contributed by atoms with Crippen molar-refractivity contribution in [2.24, 2.45) is 5.92 Å². The van der Waals surface area contributed by atoms with Gasteiger partial charge in [-0.1, -0.05) is 369 Å². The van der Waals surface area contributed by atoms with Crippen LogP contribution in [0.1, 0.15) is 420 Å². The predicted molar refractivity (Wildman–Crippen MR) is 400 cm³/mol. The molecule has 0 aromatic rings. The van der Waals surface area contributed by atoms with E-state index in [1.165, 1.54) is 244 Å². The second-order valence-corrected chi connectivity index (χ2v) is 31.8. The van der Waals surface area contributed by atoms with Crippen molar-refractivity contribution in [3.8, 4) is 0 Å². The fourth-order valence-corrected chi connectivity index (χ4v) is 13.8. The molecule has 0 amide bonds. The molecule has 0 bridgehead atoms. The summed E-state index contributed by atoms with van der Waals surface area (Å²) in [5.41, 5.74) is 0. The molecule has 0 saturated heterocycles. The molecule has 0 rings (SSSR count). The van der Waals surface area contributed by atoms with Crippen molar-refractivity contribution in [1.82, 2.24) is 0 Å². The molecule has 582 valence electrons. The lowest BCUT2D eigenvalue weighted by Gasteiger charge is -2.21. The molecule has 0 aliphatic heterocycles. The minimum atomic E-state index is -4.96. The maximum atomic E-state index is 13.1. The molecule has 0 spiro atoms. The molecule has 0 radical (unpaired) electrons. The molecule has 98 heavy (non-hydrogen) atoms. The summed E-state index contributed by atoms with van der Waals surface area (Å²) < 4.78 is 68.6. The van der Waals surface area contributed by atoms with Gasteiger partial charge in [-0.2, -0.15) is 0 Å². The van der Waals surface area contributed by atoms with Gasteiger partial charge in [-0.25, -0.2) is 9.13 Å². The van der Waals surface area contributed by atoms with Gasteiger partial charge in [0, 0.05) is 25.7 Å². The number of rotatable bonds is 79. The number of hydrogen-bond donors (Lipinski definition) is 3. The van der Waals surface area contributed by atoms with Crippen molar-refractivity contribution >= 4 is 39.5 Å². The maximum Gasteiger partial charge on any atom is 0.472 e. The largest absolute Gasteiger partial charge is 0.472 e. The van der Waals surface area contributed by atoms with Crippen molar-refractivity contribution in [1.29, 1.82) is 0 Å². The van der Waals surface area contributed by atoms with Crippen LogP contribution in [0.15, 0.2) is 0 Å². The Bertz CT molecular complexity index is 1870. The molecule has 19 heteroatoms. The molecular weight excluding hydrogens is 1280 g/mol. The molecule has 0 aromatic heterocycles. The van der Waals surface area contributed by atoms with Crippen LogP contribution in [0.25, 0.3) is 0 Å². The fourth-order valence-electron chi connectivity index (χ4n) is 12.2. The number of carbonyl (C=O) groups is 4. The van der Waals surface area contributed by atoms with E-state index in [9.17, 15) is 43.2 Å². The molecular formula is C79H154O17P2. The second kappa shape index (κ2) is 72.0. The van der Waals surface area contributed by atoms with Gasteiger partial charge in [0.15, 0.2) is 12.2 Å². The molecule has 0 saturated carbocycles. The number of phosphoric ester groups is 2. The van der Waals surface area contributed by atoms with Gasteiger partial charge in [0.05, 0.1) is 26.4 Å². The Balaban J connectivity index is 5.23. The number of carbonyl (C=O) groups excluding carboxylic acids is 4. The molecule has 2 unspecified atom stereocenters. The van der Waals surface area contributed by atoms with Crippen LogP contribution in [0.3, 0.4) is 0 Å². The third-order valence-corrected chi connectivity index (χ3v) is 20.4. The van der Waals surface area contributed by atoms with Gasteiger partial charge in [-0.05, 0) is 31.6 Å². The van der Waals surface area contributed by atoms with Gasteiger partial charge in [0.1, 0.15) is 19.3 Å². The van der Waals surface area contributed by atoms with Gasteiger partial charge in [0.25, 0.3) is 0 Å². The Morgan fingerprint density at radius 2 is 0.469 bits per heavy atom. The van der Waals surface area contributed by atoms with Crippen molar-refractivity contribution in [2.75, 3.05) is 39.6 Å². The highest BCUT2D eigenvalue weighted by Gasteiger charge is 2.30. The Morgan fingerprint density at radius 3 is 0.694 bits per heavy atom.